The molecule has 2 atom stereocenters. The maximum atomic E-state index is 2.45. The van der Waals surface area contributed by atoms with Crippen molar-refractivity contribution in [3.63, 3.8) is 0 Å². The molecule has 2 unspecified atom stereocenters. The Morgan fingerprint density at radius 2 is 1.71 bits per heavy atom. The summed E-state index contributed by atoms with van der Waals surface area (Å²) in [4.78, 5) is 0. The summed E-state index contributed by atoms with van der Waals surface area (Å²) in [6.45, 7) is 12.0. The predicted molar refractivity (Wildman–Crippen MR) is 64.4 cm³/mol. The first-order valence-corrected chi connectivity index (χ1v) is 6.49. The summed E-state index contributed by atoms with van der Waals surface area (Å²) >= 11 is 0. The molecule has 1 saturated carbocycles. The highest BCUT2D eigenvalue weighted by Crippen LogP contribution is 2.55. The summed E-state index contributed by atoms with van der Waals surface area (Å²) in [6.07, 6.45) is 7.15. The molecule has 0 aromatic heterocycles. The third-order valence-corrected chi connectivity index (χ3v) is 4.29. The van der Waals surface area contributed by atoms with Gasteiger partial charge in [-0.2, -0.15) is 0 Å². The predicted octanol–water partition coefficient (Wildman–Crippen LogP) is 4.89. The van der Waals surface area contributed by atoms with Gasteiger partial charge in [-0.3, -0.25) is 0 Å². The molecule has 0 spiro atoms. The highest BCUT2D eigenvalue weighted by atomic mass is 14.5. The molecule has 1 aliphatic carbocycles. The Kier molecular flexibility index (Phi) is 4.04. The summed E-state index contributed by atoms with van der Waals surface area (Å²) in [6, 6.07) is 0. The summed E-state index contributed by atoms with van der Waals surface area (Å²) in [7, 11) is 0. The molecule has 0 heterocycles. The van der Waals surface area contributed by atoms with Gasteiger partial charge in [0.15, 0.2) is 0 Å². The van der Waals surface area contributed by atoms with Gasteiger partial charge in [-0.25, -0.2) is 0 Å². The van der Waals surface area contributed by atoms with Gasteiger partial charge in [-0.15, -0.1) is 0 Å². The van der Waals surface area contributed by atoms with E-state index >= 15 is 0 Å². The monoisotopic (exact) mass is 196 g/mol. The second-order valence-electron chi connectivity index (χ2n) is 6.15. The Hall–Kier alpha value is 0. The van der Waals surface area contributed by atoms with E-state index in [1.807, 2.05) is 0 Å². The summed E-state index contributed by atoms with van der Waals surface area (Å²) in [5, 5.41) is 0. The van der Waals surface area contributed by atoms with Gasteiger partial charge >= 0.3 is 0 Å². The SMILES string of the molecule is CCC(CC)CC(C)CC1CC1(C)C. The molecule has 1 fully saturated rings. The molecule has 0 bridgehead atoms. The molecule has 0 aliphatic heterocycles. The second-order valence-corrected chi connectivity index (χ2v) is 6.15. The topological polar surface area (TPSA) is 0 Å². The maximum Gasteiger partial charge on any atom is -0.0323 e. The molecule has 1 aliphatic rings. The maximum absolute atomic E-state index is 2.45. The van der Waals surface area contributed by atoms with Crippen LogP contribution in [0.5, 0.6) is 0 Å². The first kappa shape index (κ1) is 12.1. The number of rotatable bonds is 6. The molecule has 1 rings (SSSR count). The quantitative estimate of drug-likeness (QED) is 0.567. The Labute approximate surface area is 90.5 Å². The molecule has 0 heteroatoms. The third-order valence-electron chi connectivity index (χ3n) is 4.29. The zero-order chi connectivity index (χ0) is 10.8. The van der Waals surface area contributed by atoms with Gasteiger partial charge in [0.25, 0.3) is 0 Å². The lowest BCUT2D eigenvalue weighted by atomic mass is 9.88. The molecular formula is C14H28. The van der Waals surface area contributed by atoms with E-state index < -0.39 is 0 Å². The minimum Gasteiger partial charge on any atom is -0.0651 e. The van der Waals surface area contributed by atoms with Crippen LogP contribution in [0.4, 0.5) is 0 Å². The molecule has 0 radical (unpaired) electrons. The van der Waals surface area contributed by atoms with Crippen LogP contribution in [0, 0.1) is 23.2 Å². The van der Waals surface area contributed by atoms with Crippen LogP contribution < -0.4 is 0 Å². The highest BCUT2D eigenvalue weighted by Gasteiger charge is 2.45. The molecule has 0 amide bonds. The Morgan fingerprint density at radius 3 is 2.07 bits per heavy atom. The van der Waals surface area contributed by atoms with E-state index in [1.165, 1.54) is 32.1 Å². The van der Waals surface area contributed by atoms with Crippen molar-refractivity contribution < 1.29 is 0 Å². The molecule has 0 N–H and O–H groups in total. The lowest BCUT2D eigenvalue weighted by Gasteiger charge is -2.18. The number of hydrogen-bond donors (Lipinski definition) is 0. The van der Waals surface area contributed by atoms with Gasteiger partial charge in [0.2, 0.25) is 0 Å². The van der Waals surface area contributed by atoms with Crippen LogP contribution >= 0.6 is 0 Å². The van der Waals surface area contributed by atoms with Crippen LogP contribution in [-0.2, 0) is 0 Å². The number of hydrogen-bond acceptors (Lipinski definition) is 0. The van der Waals surface area contributed by atoms with Crippen LogP contribution in [0.2, 0.25) is 0 Å². The fraction of sp³-hybridized carbons (Fsp3) is 1.00. The molecular weight excluding hydrogens is 168 g/mol. The molecule has 0 nitrogen and oxygen atoms in total. The van der Waals surface area contributed by atoms with Gasteiger partial charge in [-0.05, 0) is 42.4 Å². The molecule has 84 valence electrons. The summed E-state index contributed by atoms with van der Waals surface area (Å²) < 4.78 is 0. The van der Waals surface area contributed by atoms with E-state index in [-0.39, 0.29) is 0 Å². The fourth-order valence-corrected chi connectivity index (χ4v) is 2.75. The zero-order valence-electron chi connectivity index (χ0n) is 10.8. The average Bonchev–Trinajstić information content (AvgIpc) is 2.69. The third kappa shape index (κ3) is 3.29. The molecule has 0 saturated heterocycles. The summed E-state index contributed by atoms with van der Waals surface area (Å²) in [5.41, 5.74) is 0.683. The average molecular weight is 196 g/mol. The van der Waals surface area contributed by atoms with Gasteiger partial charge in [-0.1, -0.05) is 47.5 Å². The first-order valence-electron chi connectivity index (χ1n) is 6.49. The van der Waals surface area contributed by atoms with Crippen LogP contribution in [-0.4, -0.2) is 0 Å². The van der Waals surface area contributed by atoms with E-state index in [2.05, 4.69) is 34.6 Å². The van der Waals surface area contributed by atoms with Crippen molar-refractivity contribution in [1.29, 1.82) is 0 Å². The second kappa shape index (κ2) is 4.68. The molecule has 14 heavy (non-hydrogen) atoms. The van der Waals surface area contributed by atoms with Crippen molar-refractivity contribution in [2.45, 2.75) is 66.7 Å². The van der Waals surface area contributed by atoms with Crippen molar-refractivity contribution in [2.75, 3.05) is 0 Å². The van der Waals surface area contributed by atoms with Crippen LogP contribution in [0.25, 0.3) is 0 Å². The van der Waals surface area contributed by atoms with Gasteiger partial charge < -0.3 is 0 Å². The molecule has 0 aromatic carbocycles. The van der Waals surface area contributed by atoms with Crippen molar-refractivity contribution >= 4 is 0 Å². The van der Waals surface area contributed by atoms with Crippen LogP contribution in [0.15, 0.2) is 0 Å². The normalized spacial score (nSPS) is 26.6. The van der Waals surface area contributed by atoms with E-state index in [0.717, 1.165) is 17.8 Å². The van der Waals surface area contributed by atoms with Crippen LogP contribution in [0.3, 0.4) is 0 Å². The fourth-order valence-electron chi connectivity index (χ4n) is 2.75. The Morgan fingerprint density at radius 1 is 1.21 bits per heavy atom. The van der Waals surface area contributed by atoms with Gasteiger partial charge in [0.1, 0.15) is 0 Å². The van der Waals surface area contributed by atoms with E-state index in [9.17, 15) is 0 Å². The lowest BCUT2D eigenvalue weighted by Crippen LogP contribution is -2.06. The van der Waals surface area contributed by atoms with E-state index in [1.54, 1.807) is 0 Å². The smallest absolute Gasteiger partial charge is 0.0323 e. The van der Waals surface area contributed by atoms with Crippen molar-refractivity contribution in [3.8, 4) is 0 Å². The highest BCUT2D eigenvalue weighted by molar-refractivity contribution is 4.95. The van der Waals surface area contributed by atoms with Gasteiger partial charge in [0, 0.05) is 0 Å². The van der Waals surface area contributed by atoms with E-state index in [4.69, 9.17) is 0 Å². The van der Waals surface area contributed by atoms with Crippen molar-refractivity contribution in [3.05, 3.63) is 0 Å². The van der Waals surface area contributed by atoms with Gasteiger partial charge in [0.05, 0.1) is 0 Å². The lowest BCUT2D eigenvalue weighted by molar-refractivity contribution is 0.332. The first-order chi connectivity index (χ1) is 6.49. The summed E-state index contributed by atoms with van der Waals surface area (Å²) in [5.74, 6) is 2.96. The minimum absolute atomic E-state index is 0.683. The zero-order valence-corrected chi connectivity index (χ0v) is 10.8. The van der Waals surface area contributed by atoms with E-state index in [0.29, 0.717) is 5.41 Å². The Balaban J connectivity index is 2.19. The molecule has 0 aromatic rings. The standard InChI is InChI=1S/C14H28/c1-6-12(7-2)8-11(3)9-13-10-14(13,4)5/h11-13H,6-10H2,1-5H3. The van der Waals surface area contributed by atoms with Crippen molar-refractivity contribution in [1.82, 2.24) is 0 Å². The minimum atomic E-state index is 0.683. The van der Waals surface area contributed by atoms with Crippen molar-refractivity contribution in [2.24, 2.45) is 23.2 Å². The van der Waals surface area contributed by atoms with Crippen LogP contribution in [0.1, 0.15) is 66.7 Å². The Bertz CT molecular complexity index is 161. The largest absolute Gasteiger partial charge is 0.0651 e.